The van der Waals surface area contributed by atoms with Gasteiger partial charge in [-0.15, -0.1) is 0 Å². The third-order valence-corrected chi connectivity index (χ3v) is 5.42. The van der Waals surface area contributed by atoms with Crippen molar-refractivity contribution in [3.8, 4) is 0 Å². The normalized spacial score (nSPS) is 10.8. The predicted octanol–water partition coefficient (Wildman–Crippen LogP) is 3.17. The maximum absolute atomic E-state index is 13.5. The Kier molecular flexibility index (Phi) is 6.26. The number of aromatic nitrogens is 2. The molecule has 4 rings (SSSR count). The van der Waals surface area contributed by atoms with Crippen molar-refractivity contribution >= 4 is 17.4 Å². The summed E-state index contributed by atoms with van der Waals surface area (Å²) < 4.78 is 6.67. The van der Waals surface area contributed by atoms with Gasteiger partial charge in [0, 0.05) is 5.56 Å². The zero-order valence-electron chi connectivity index (χ0n) is 18.2. The summed E-state index contributed by atoms with van der Waals surface area (Å²) >= 11 is 0. The fourth-order valence-corrected chi connectivity index (χ4v) is 3.61. The lowest BCUT2D eigenvalue weighted by Gasteiger charge is -2.24. The molecule has 3 N–H and O–H groups in total. The quantitative estimate of drug-likeness (QED) is 0.454. The number of nitrogens with two attached hydrogens (primary N) is 1. The summed E-state index contributed by atoms with van der Waals surface area (Å²) in [6.07, 6.45) is 2.32. The lowest BCUT2D eigenvalue weighted by Crippen LogP contribution is -2.41. The van der Waals surface area contributed by atoms with E-state index in [2.05, 4.69) is 4.98 Å². The molecule has 33 heavy (non-hydrogen) atoms. The van der Waals surface area contributed by atoms with E-state index in [-0.39, 0.29) is 24.6 Å². The van der Waals surface area contributed by atoms with Crippen LogP contribution in [0.4, 0.5) is 11.5 Å². The number of furan rings is 1. The molecule has 0 spiro atoms. The first-order valence-corrected chi connectivity index (χ1v) is 10.6. The Labute approximate surface area is 189 Å². The van der Waals surface area contributed by atoms with Crippen LogP contribution < -0.4 is 21.9 Å². The van der Waals surface area contributed by atoms with Gasteiger partial charge in [0.05, 0.1) is 19.4 Å². The Morgan fingerprint density at radius 2 is 1.73 bits per heavy atom. The molecule has 0 aliphatic carbocycles. The highest BCUT2D eigenvalue weighted by Crippen LogP contribution is 2.23. The van der Waals surface area contributed by atoms with Crippen molar-refractivity contribution in [1.29, 1.82) is 0 Å². The maximum atomic E-state index is 13.5. The van der Waals surface area contributed by atoms with Gasteiger partial charge in [-0.2, -0.15) is 0 Å². The fourth-order valence-electron chi connectivity index (χ4n) is 3.61. The Morgan fingerprint density at radius 3 is 2.36 bits per heavy atom. The van der Waals surface area contributed by atoms with Gasteiger partial charge >= 0.3 is 5.69 Å². The second-order valence-corrected chi connectivity index (χ2v) is 7.59. The van der Waals surface area contributed by atoms with Crippen LogP contribution in [0, 0.1) is 0 Å². The minimum absolute atomic E-state index is 0.0296. The number of rotatable bonds is 7. The van der Waals surface area contributed by atoms with Crippen molar-refractivity contribution in [2.45, 2.75) is 26.4 Å². The maximum Gasteiger partial charge on any atom is 0.330 e. The third kappa shape index (κ3) is 4.64. The summed E-state index contributed by atoms with van der Waals surface area (Å²) in [6.45, 7) is 2.14. The number of hydrogen-bond acceptors (Lipinski definition) is 5. The molecule has 4 aromatic rings. The number of aryl methyl sites for hydroxylation is 1. The van der Waals surface area contributed by atoms with E-state index in [4.69, 9.17) is 10.2 Å². The zero-order valence-corrected chi connectivity index (χ0v) is 18.2. The lowest BCUT2D eigenvalue weighted by molar-refractivity contribution is 0.0983. The van der Waals surface area contributed by atoms with E-state index in [1.165, 1.54) is 15.7 Å². The van der Waals surface area contributed by atoms with Crippen molar-refractivity contribution in [3.63, 3.8) is 0 Å². The monoisotopic (exact) mass is 444 g/mol. The highest BCUT2D eigenvalue weighted by Gasteiger charge is 2.26. The molecule has 0 saturated carbocycles. The van der Waals surface area contributed by atoms with Gasteiger partial charge in [0.25, 0.3) is 11.5 Å². The van der Waals surface area contributed by atoms with Crippen LogP contribution in [-0.2, 0) is 19.5 Å². The topological polar surface area (TPSA) is 114 Å². The standard InChI is InChI=1S/C25H24N4O4/c1-2-17-10-12-19(13-11-17)24(31)28(16-20-9-6-14-33-20)21-22(26)29(25(32)27-23(21)30)15-18-7-4-3-5-8-18/h3-14H,2,15-16,26H2,1H3,(H,27,30,32). The van der Waals surface area contributed by atoms with E-state index in [1.54, 1.807) is 24.3 Å². The van der Waals surface area contributed by atoms with Crippen molar-refractivity contribution in [1.82, 2.24) is 9.55 Å². The van der Waals surface area contributed by atoms with E-state index < -0.39 is 17.2 Å². The molecule has 0 radical (unpaired) electrons. The van der Waals surface area contributed by atoms with Gasteiger partial charge in [-0.05, 0) is 41.8 Å². The number of aromatic amines is 1. The summed E-state index contributed by atoms with van der Waals surface area (Å²) in [4.78, 5) is 42.5. The summed E-state index contributed by atoms with van der Waals surface area (Å²) in [5.74, 6) is -0.0676. The molecule has 0 unspecified atom stereocenters. The van der Waals surface area contributed by atoms with Crippen LogP contribution in [0.25, 0.3) is 0 Å². The molecule has 2 aromatic heterocycles. The van der Waals surface area contributed by atoms with E-state index in [1.807, 2.05) is 49.4 Å². The van der Waals surface area contributed by atoms with Gasteiger partial charge in [-0.3, -0.25) is 24.0 Å². The molecule has 2 aromatic carbocycles. The number of nitrogen functional groups attached to an aromatic ring is 1. The molecule has 8 nitrogen and oxygen atoms in total. The first-order chi connectivity index (χ1) is 16.0. The van der Waals surface area contributed by atoms with Crippen molar-refractivity contribution < 1.29 is 9.21 Å². The molecular formula is C25H24N4O4. The lowest BCUT2D eigenvalue weighted by atomic mass is 10.1. The van der Waals surface area contributed by atoms with E-state index in [0.717, 1.165) is 17.5 Å². The zero-order chi connectivity index (χ0) is 23.4. The molecule has 0 aliphatic heterocycles. The first-order valence-electron chi connectivity index (χ1n) is 10.6. The number of nitrogens with zero attached hydrogens (tertiary/aromatic N) is 2. The molecule has 8 heteroatoms. The Bertz CT molecular complexity index is 1350. The average molecular weight is 444 g/mol. The van der Waals surface area contributed by atoms with Gasteiger partial charge in [0.2, 0.25) is 0 Å². The number of hydrogen-bond donors (Lipinski definition) is 2. The number of nitrogens with one attached hydrogen (secondary N) is 1. The molecule has 0 bridgehead atoms. The highest BCUT2D eigenvalue weighted by molar-refractivity contribution is 6.07. The molecule has 0 fully saturated rings. The second-order valence-electron chi connectivity index (χ2n) is 7.59. The van der Waals surface area contributed by atoms with Gasteiger partial charge in [0.15, 0.2) is 5.69 Å². The number of amides is 1. The number of H-pyrrole nitrogens is 1. The Hall–Kier alpha value is -4.33. The van der Waals surface area contributed by atoms with Crippen LogP contribution >= 0.6 is 0 Å². The summed E-state index contributed by atoms with van der Waals surface area (Å²) in [6, 6.07) is 19.8. The van der Waals surface area contributed by atoms with E-state index >= 15 is 0 Å². The van der Waals surface area contributed by atoms with Crippen LogP contribution in [-0.4, -0.2) is 15.5 Å². The molecular weight excluding hydrogens is 420 g/mol. The average Bonchev–Trinajstić information content (AvgIpc) is 3.34. The molecule has 0 atom stereocenters. The van der Waals surface area contributed by atoms with Gasteiger partial charge in [-0.1, -0.05) is 49.4 Å². The predicted molar refractivity (Wildman–Crippen MR) is 126 cm³/mol. The molecule has 168 valence electrons. The van der Waals surface area contributed by atoms with Crippen LogP contribution in [0.3, 0.4) is 0 Å². The number of carbonyl (C=O) groups excluding carboxylic acids is 1. The highest BCUT2D eigenvalue weighted by atomic mass is 16.3. The fraction of sp³-hybridized carbons (Fsp3) is 0.160. The SMILES string of the molecule is CCc1ccc(C(=O)N(Cc2ccco2)c2c(N)n(Cc3ccccc3)c(=O)[nH]c2=O)cc1. The first kappa shape index (κ1) is 21.9. The smallest absolute Gasteiger partial charge is 0.330 e. The van der Waals surface area contributed by atoms with Gasteiger partial charge in [-0.25, -0.2) is 4.79 Å². The molecule has 0 aliphatic rings. The molecule has 2 heterocycles. The van der Waals surface area contributed by atoms with Crippen LogP contribution in [0.15, 0.2) is 87.0 Å². The van der Waals surface area contributed by atoms with Crippen LogP contribution in [0.5, 0.6) is 0 Å². The Balaban J connectivity index is 1.82. The molecule has 0 saturated heterocycles. The van der Waals surface area contributed by atoms with Crippen LogP contribution in [0.2, 0.25) is 0 Å². The van der Waals surface area contributed by atoms with Gasteiger partial charge in [0.1, 0.15) is 11.6 Å². The number of anilines is 2. The van der Waals surface area contributed by atoms with Crippen molar-refractivity contribution in [3.05, 3.63) is 116 Å². The summed E-state index contributed by atoms with van der Waals surface area (Å²) in [7, 11) is 0. The Morgan fingerprint density at radius 1 is 1.00 bits per heavy atom. The van der Waals surface area contributed by atoms with E-state index in [0.29, 0.717) is 11.3 Å². The molecule has 1 amide bonds. The largest absolute Gasteiger partial charge is 0.467 e. The number of benzene rings is 2. The van der Waals surface area contributed by atoms with Crippen molar-refractivity contribution in [2.24, 2.45) is 0 Å². The summed E-state index contributed by atoms with van der Waals surface area (Å²) in [5.41, 5.74) is 7.14. The number of carbonyl (C=O) groups is 1. The summed E-state index contributed by atoms with van der Waals surface area (Å²) in [5, 5.41) is 0. The minimum atomic E-state index is -0.744. The van der Waals surface area contributed by atoms with Crippen LogP contribution in [0.1, 0.15) is 34.2 Å². The van der Waals surface area contributed by atoms with Gasteiger partial charge < -0.3 is 10.2 Å². The third-order valence-electron chi connectivity index (χ3n) is 5.42. The minimum Gasteiger partial charge on any atom is -0.467 e. The second kappa shape index (κ2) is 9.44. The van der Waals surface area contributed by atoms with E-state index in [9.17, 15) is 14.4 Å². The van der Waals surface area contributed by atoms with Crippen molar-refractivity contribution in [2.75, 3.05) is 10.6 Å².